The van der Waals surface area contributed by atoms with Gasteiger partial charge < -0.3 is 10.5 Å². The highest BCUT2D eigenvalue weighted by atomic mass is 16.5. The number of urea groups is 1. The summed E-state index contributed by atoms with van der Waals surface area (Å²) in [4.78, 5) is 36.2. The predicted molar refractivity (Wildman–Crippen MR) is 108 cm³/mol. The number of imide groups is 1. The second-order valence-corrected chi connectivity index (χ2v) is 9.72. The van der Waals surface area contributed by atoms with Gasteiger partial charge in [0.1, 0.15) is 0 Å². The molecular formula is C23H30N2O4. The van der Waals surface area contributed by atoms with Gasteiger partial charge in [-0.15, -0.1) is 0 Å². The van der Waals surface area contributed by atoms with Crippen molar-refractivity contribution in [1.82, 2.24) is 5.32 Å². The molecule has 4 bridgehead atoms. The van der Waals surface area contributed by atoms with Crippen molar-refractivity contribution in [3.63, 3.8) is 0 Å². The molecule has 4 aliphatic carbocycles. The van der Waals surface area contributed by atoms with E-state index < -0.39 is 23.5 Å². The van der Waals surface area contributed by atoms with Crippen LogP contribution in [-0.2, 0) is 19.7 Å². The van der Waals surface area contributed by atoms with Gasteiger partial charge in [0.2, 0.25) is 0 Å². The van der Waals surface area contributed by atoms with Crippen LogP contribution in [0.4, 0.5) is 4.79 Å². The largest absolute Gasteiger partial charge is 0.452 e. The molecule has 1 aromatic rings. The quantitative estimate of drug-likeness (QED) is 0.761. The lowest BCUT2D eigenvalue weighted by atomic mass is 9.43. The molecule has 6 nitrogen and oxygen atoms in total. The van der Waals surface area contributed by atoms with E-state index in [9.17, 15) is 14.4 Å². The monoisotopic (exact) mass is 398 g/mol. The van der Waals surface area contributed by atoms with Crippen molar-refractivity contribution >= 4 is 17.9 Å². The van der Waals surface area contributed by atoms with Crippen LogP contribution in [0.5, 0.6) is 0 Å². The second kappa shape index (κ2) is 6.85. The molecular weight excluding hydrogens is 368 g/mol. The van der Waals surface area contributed by atoms with Crippen LogP contribution < -0.4 is 11.1 Å². The number of nitrogens with one attached hydrogen (secondary N) is 1. The van der Waals surface area contributed by atoms with Gasteiger partial charge in [0.15, 0.2) is 6.10 Å². The number of rotatable bonds is 4. The summed E-state index contributed by atoms with van der Waals surface area (Å²) in [6, 6.07) is 5.77. The van der Waals surface area contributed by atoms with Crippen LogP contribution in [0.15, 0.2) is 18.2 Å². The van der Waals surface area contributed by atoms with Gasteiger partial charge in [-0.3, -0.25) is 14.9 Å². The van der Waals surface area contributed by atoms with Crippen LogP contribution in [0, 0.1) is 31.1 Å². The summed E-state index contributed by atoms with van der Waals surface area (Å²) in [6.07, 6.45) is 4.83. The zero-order valence-electron chi connectivity index (χ0n) is 17.4. The SMILES string of the molecule is Cc1ccc(C23C[C@@H]4C[C@@H](CC(C(=O)O[C@@H](C)C(=O)NC(N)=O)(C4)C2)C3)cc1C. The molecule has 4 aliphatic rings. The Balaban J connectivity index is 1.59. The minimum atomic E-state index is -1.04. The number of nitrogens with two attached hydrogens (primary N) is 1. The molecule has 0 aliphatic heterocycles. The van der Waals surface area contributed by atoms with Crippen LogP contribution in [0.25, 0.3) is 0 Å². The Kier molecular flexibility index (Phi) is 4.71. The molecule has 2 unspecified atom stereocenters. The van der Waals surface area contributed by atoms with Gasteiger partial charge >= 0.3 is 12.0 Å². The topological polar surface area (TPSA) is 98.5 Å². The van der Waals surface area contributed by atoms with Crippen LogP contribution in [0.2, 0.25) is 0 Å². The Hall–Kier alpha value is -2.37. The van der Waals surface area contributed by atoms with Crippen molar-refractivity contribution in [3.8, 4) is 0 Å². The summed E-state index contributed by atoms with van der Waals surface area (Å²) in [5, 5.41) is 1.99. The van der Waals surface area contributed by atoms with Gasteiger partial charge in [-0.05, 0) is 93.2 Å². The number of primary amides is 1. The molecule has 5 rings (SSSR count). The van der Waals surface area contributed by atoms with Crippen molar-refractivity contribution in [2.45, 2.75) is 70.8 Å². The maximum Gasteiger partial charge on any atom is 0.318 e. The van der Waals surface area contributed by atoms with Crippen molar-refractivity contribution in [3.05, 3.63) is 34.9 Å². The highest BCUT2D eigenvalue weighted by Crippen LogP contribution is 2.66. The maximum absolute atomic E-state index is 13.3. The van der Waals surface area contributed by atoms with E-state index in [4.69, 9.17) is 10.5 Å². The first-order valence-electron chi connectivity index (χ1n) is 10.5. The second-order valence-electron chi connectivity index (χ2n) is 9.72. The zero-order chi connectivity index (χ0) is 21.0. The van der Waals surface area contributed by atoms with Crippen molar-refractivity contribution < 1.29 is 19.1 Å². The number of hydrogen-bond acceptors (Lipinski definition) is 4. The van der Waals surface area contributed by atoms with Gasteiger partial charge in [0.25, 0.3) is 5.91 Å². The normalized spacial score (nSPS) is 33.2. The minimum Gasteiger partial charge on any atom is -0.452 e. The number of carbonyl (C=O) groups is 3. The average Bonchev–Trinajstić information content (AvgIpc) is 2.62. The van der Waals surface area contributed by atoms with E-state index in [2.05, 4.69) is 32.0 Å². The third-order valence-electron chi connectivity index (χ3n) is 7.51. The Morgan fingerprint density at radius 3 is 2.34 bits per heavy atom. The number of aryl methyl sites for hydroxylation is 2. The number of hydrogen-bond donors (Lipinski definition) is 2. The number of benzene rings is 1. The molecule has 4 fully saturated rings. The summed E-state index contributed by atoms with van der Waals surface area (Å²) < 4.78 is 5.56. The zero-order valence-corrected chi connectivity index (χ0v) is 17.4. The van der Waals surface area contributed by atoms with Crippen molar-refractivity contribution in [2.24, 2.45) is 23.0 Å². The van der Waals surface area contributed by atoms with Crippen LogP contribution in [0.1, 0.15) is 62.1 Å². The van der Waals surface area contributed by atoms with Gasteiger partial charge in [-0.25, -0.2) is 4.79 Å². The molecule has 5 atom stereocenters. The Morgan fingerprint density at radius 2 is 1.76 bits per heavy atom. The van der Waals surface area contributed by atoms with Crippen LogP contribution in [-0.4, -0.2) is 24.0 Å². The minimum absolute atomic E-state index is 0.0142. The van der Waals surface area contributed by atoms with Crippen LogP contribution in [0.3, 0.4) is 0 Å². The molecule has 0 radical (unpaired) electrons. The first kappa shape index (κ1) is 19.9. The molecule has 3 amide bonds. The standard InChI is InChI=1S/C23H30N2O4/c1-13-4-5-18(6-14(13)2)22-8-16-7-17(9-22)11-23(10-16,12-22)20(27)29-15(3)19(26)25-21(24)28/h4-6,15-17H,7-12H2,1-3H3,(H3,24,25,26,28)/t15-,16-,17+,22?,23?/m0/s1. The smallest absolute Gasteiger partial charge is 0.318 e. The lowest BCUT2D eigenvalue weighted by molar-refractivity contribution is -0.180. The molecule has 156 valence electrons. The van der Waals surface area contributed by atoms with E-state index in [1.807, 2.05) is 5.32 Å². The highest BCUT2D eigenvalue weighted by molar-refractivity contribution is 5.96. The molecule has 3 N–H and O–H groups in total. The lowest BCUT2D eigenvalue weighted by Gasteiger charge is -2.61. The highest BCUT2D eigenvalue weighted by Gasteiger charge is 2.61. The first-order valence-corrected chi connectivity index (χ1v) is 10.5. The predicted octanol–water partition coefficient (Wildman–Crippen LogP) is 3.27. The van der Waals surface area contributed by atoms with Gasteiger partial charge in [0.05, 0.1) is 5.41 Å². The number of carbonyl (C=O) groups excluding carboxylic acids is 3. The van der Waals surface area contributed by atoms with E-state index in [1.54, 1.807) is 0 Å². The number of amides is 3. The Bertz CT molecular complexity index is 864. The maximum atomic E-state index is 13.3. The third-order valence-corrected chi connectivity index (χ3v) is 7.51. The summed E-state index contributed by atoms with van der Waals surface area (Å²) in [5.74, 6) is 0.0479. The van der Waals surface area contributed by atoms with E-state index in [-0.39, 0.29) is 11.4 Å². The molecule has 0 saturated heterocycles. The molecule has 0 aromatic heterocycles. The molecule has 1 aromatic carbocycles. The van der Waals surface area contributed by atoms with Crippen molar-refractivity contribution in [1.29, 1.82) is 0 Å². The van der Waals surface area contributed by atoms with E-state index in [0.717, 1.165) is 32.1 Å². The fourth-order valence-electron chi connectivity index (χ4n) is 6.47. The summed E-state index contributed by atoms with van der Waals surface area (Å²) in [5.41, 5.74) is 8.38. The van der Waals surface area contributed by atoms with E-state index >= 15 is 0 Å². The summed E-state index contributed by atoms with van der Waals surface area (Å²) in [6.45, 7) is 5.74. The molecule has 29 heavy (non-hydrogen) atoms. The summed E-state index contributed by atoms with van der Waals surface area (Å²) >= 11 is 0. The fourth-order valence-corrected chi connectivity index (χ4v) is 6.47. The van der Waals surface area contributed by atoms with Crippen LogP contribution >= 0.6 is 0 Å². The molecule has 4 saturated carbocycles. The lowest BCUT2D eigenvalue weighted by Crippen LogP contribution is -2.57. The number of ether oxygens (including phenoxy) is 1. The van der Waals surface area contributed by atoms with Crippen molar-refractivity contribution in [2.75, 3.05) is 0 Å². The number of esters is 1. The van der Waals surface area contributed by atoms with E-state index in [0.29, 0.717) is 11.8 Å². The Labute approximate surface area is 171 Å². The fraction of sp³-hybridized carbons (Fsp3) is 0.609. The molecule has 0 heterocycles. The average molecular weight is 399 g/mol. The first-order chi connectivity index (χ1) is 13.6. The molecule has 6 heteroatoms. The summed E-state index contributed by atoms with van der Waals surface area (Å²) in [7, 11) is 0. The van der Waals surface area contributed by atoms with Gasteiger partial charge in [-0.2, -0.15) is 0 Å². The van der Waals surface area contributed by atoms with Gasteiger partial charge in [-0.1, -0.05) is 18.2 Å². The third kappa shape index (κ3) is 3.43. The molecule has 0 spiro atoms. The Morgan fingerprint density at radius 1 is 1.10 bits per heavy atom. The van der Waals surface area contributed by atoms with E-state index in [1.165, 1.54) is 30.0 Å². The van der Waals surface area contributed by atoms with Gasteiger partial charge in [0, 0.05) is 0 Å².